The topological polar surface area (TPSA) is 55.4 Å². The van der Waals surface area contributed by atoms with E-state index in [4.69, 9.17) is 4.74 Å². The molecule has 0 aliphatic rings. The molecule has 0 aliphatic heterocycles. The van der Waals surface area contributed by atoms with Gasteiger partial charge in [-0.1, -0.05) is 24.3 Å². The van der Waals surface area contributed by atoms with Gasteiger partial charge >= 0.3 is 0 Å². The van der Waals surface area contributed by atoms with Crippen LogP contribution in [0.25, 0.3) is 10.8 Å². The molecule has 0 aliphatic carbocycles. The number of anilines is 1. The molecule has 0 amide bonds. The number of hydrogen-bond donors (Lipinski definition) is 1. The third kappa shape index (κ3) is 3.44. The van der Waals surface area contributed by atoms with Crippen molar-refractivity contribution >= 4 is 26.5 Å². The Morgan fingerprint density at radius 3 is 2.44 bits per heavy atom. The van der Waals surface area contributed by atoms with E-state index in [9.17, 15) is 12.8 Å². The van der Waals surface area contributed by atoms with Crippen LogP contribution in [0.5, 0.6) is 5.75 Å². The van der Waals surface area contributed by atoms with Gasteiger partial charge in [-0.05, 0) is 49.7 Å². The predicted octanol–water partition coefficient (Wildman–Crippen LogP) is 4.49. The Hall–Kier alpha value is -2.60. The second kappa shape index (κ2) is 6.72. The summed E-state index contributed by atoms with van der Waals surface area (Å²) in [6.07, 6.45) is 0. The summed E-state index contributed by atoms with van der Waals surface area (Å²) in [7, 11) is -3.83. The summed E-state index contributed by atoms with van der Waals surface area (Å²) in [6, 6.07) is 14.3. The van der Waals surface area contributed by atoms with Gasteiger partial charge in [0.05, 0.1) is 17.2 Å². The summed E-state index contributed by atoms with van der Waals surface area (Å²) in [5.41, 5.74) is 0.859. The Balaban J connectivity index is 2.10. The Bertz CT molecular complexity index is 1030. The number of nitrogens with one attached hydrogen (secondary N) is 1. The molecule has 3 aromatic carbocycles. The molecule has 25 heavy (non-hydrogen) atoms. The third-order valence-electron chi connectivity index (χ3n) is 3.87. The lowest BCUT2D eigenvalue weighted by atomic mass is 10.1. The fraction of sp³-hybridized carbons (Fsp3) is 0.158. The minimum atomic E-state index is -3.83. The number of hydrogen-bond acceptors (Lipinski definition) is 3. The zero-order valence-electron chi connectivity index (χ0n) is 13.9. The molecule has 0 bridgehead atoms. The second-order valence-corrected chi connectivity index (χ2v) is 7.26. The number of ether oxygens (including phenoxy) is 1. The van der Waals surface area contributed by atoms with Crippen LogP contribution in [0.1, 0.15) is 12.5 Å². The van der Waals surface area contributed by atoms with Crippen LogP contribution in [0.2, 0.25) is 0 Å². The molecule has 0 aromatic heterocycles. The first-order valence-corrected chi connectivity index (χ1v) is 9.34. The zero-order chi connectivity index (χ0) is 18.0. The smallest absolute Gasteiger partial charge is 0.262 e. The van der Waals surface area contributed by atoms with E-state index < -0.39 is 15.8 Å². The van der Waals surface area contributed by atoms with E-state index >= 15 is 0 Å². The van der Waals surface area contributed by atoms with Gasteiger partial charge in [0.15, 0.2) is 0 Å². The quantitative estimate of drug-likeness (QED) is 0.730. The summed E-state index contributed by atoms with van der Waals surface area (Å²) >= 11 is 0. The average molecular weight is 359 g/mol. The van der Waals surface area contributed by atoms with E-state index in [-0.39, 0.29) is 4.90 Å². The number of benzene rings is 3. The highest BCUT2D eigenvalue weighted by Crippen LogP contribution is 2.32. The molecule has 0 saturated carbocycles. The molecule has 4 nitrogen and oxygen atoms in total. The molecule has 0 saturated heterocycles. The van der Waals surface area contributed by atoms with Gasteiger partial charge < -0.3 is 4.74 Å². The van der Waals surface area contributed by atoms with E-state index in [1.54, 1.807) is 25.1 Å². The highest BCUT2D eigenvalue weighted by Gasteiger charge is 2.20. The van der Waals surface area contributed by atoms with Crippen molar-refractivity contribution < 1.29 is 17.5 Å². The highest BCUT2D eigenvalue weighted by molar-refractivity contribution is 7.93. The van der Waals surface area contributed by atoms with Crippen LogP contribution in [-0.2, 0) is 10.0 Å². The summed E-state index contributed by atoms with van der Waals surface area (Å²) in [6.45, 7) is 4.01. The first-order valence-electron chi connectivity index (χ1n) is 7.86. The third-order valence-corrected chi connectivity index (χ3v) is 5.29. The molecular formula is C19H18FNO3S. The number of rotatable bonds is 5. The molecule has 6 heteroatoms. The Morgan fingerprint density at radius 2 is 1.76 bits per heavy atom. The molecule has 1 N–H and O–H groups in total. The maximum Gasteiger partial charge on any atom is 0.262 e. The van der Waals surface area contributed by atoms with Crippen molar-refractivity contribution in [3.05, 3.63) is 66.0 Å². The van der Waals surface area contributed by atoms with Crippen LogP contribution in [-0.4, -0.2) is 15.0 Å². The van der Waals surface area contributed by atoms with E-state index in [0.29, 0.717) is 29.0 Å². The fourth-order valence-corrected chi connectivity index (χ4v) is 4.04. The molecule has 0 radical (unpaired) electrons. The molecule has 130 valence electrons. The van der Waals surface area contributed by atoms with Gasteiger partial charge in [-0.15, -0.1) is 0 Å². The molecule has 0 unspecified atom stereocenters. The van der Waals surface area contributed by atoms with E-state index in [1.807, 2.05) is 19.1 Å². The van der Waals surface area contributed by atoms with Crippen LogP contribution < -0.4 is 9.46 Å². The predicted molar refractivity (Wildman–Crippen MR) is 97.1 cm³/mol. The van der Waals surface area contributed by atoms with Gasteiger partial charge in [-0.2, -0.15) is 0 Å². The monoisotopic (exact) mass is 359 g/mol. The molecule has 3 aromatic rings. The minimum Gasteiger partial charge on any atom is -0.493 e. The number of aryl methyl sites for hydroxylation is 1. The highest BCUT2D eigenvalue weighted by atomic mass is 32.2. The normalized spacial score (nSPS) is 11.5. The van der Waals surface area contributed by atoms with Gasteiger partial charge in [-0.3, -0.25) is 4.72 Å². The van der Waals surface area contributed by atoms with Gasteiger partial charge in [0.1, 0.15) is 11.6 Å². The lowest BCUT2D eigenvalue weighted by Gasteiger charge is -2.14. The van der Waals surface area contributed by atoms with Gasteiger partial charge in [0, 0.05) is 10.8 Å². The first kappa shape index (κ1) is 17.2. The zero-order valence-corrected chi connectivity index (χ0v) is 14.7. The largest absolute Gasteiger partial charge is 0.493 e. The number of sulfonamides is 1. The minimum absolute atomic E-state index is 0.148. The lowest BCUT2D eigenvalue weighted by Crippen LogP contribution is -2.14. The van der Waals surface area contributed by atoms with Crippen molar-refractivity contribution in [2.24, 2.45) is 0 Å². The summed E-state index contributed by atoms with van der Waals surface area (Å²) < 4.78 is 47.1. The Morgan fingerprint density at radius 1 is 1.04 bits per heavy atom. The molecule has 0 atom stereocenters. The summed E-state index contributed by atoms with van der Waals surface area (Å²) in [5.74, 6) is 0.224. The van der Waals surface area contributed by atoms with Crippen LogP contribution in [0, 0.1) is 12.7 Å². The van der Waals surface area contributed by atoms with Crippen LogP contribution in [0.4, 0.5) is 10.1 Å². The Labute approximate surface area is 146 Å². The second-order valence-electron chi connectivity index (χ2n) is 5.61. The van der Waals surface area contributed by atoms with Gasteiger partial charge in [-0.25, -0.2) is 12.8 Å². The first-order chi connectivity index (χ1) is 11.9. The molecular weight excluding hydrogens is 341 g/mol. The van der Waals surface area contributed by atoms with Crippen LogP contribution in [0.15, 0.2) is 59.5 Å². The number of halogens is 1. The van der Waals surface area contributed by atoms with Crippen molar-refractivity contribution in [1.29, 1.82) is 0 Å². The van der Waals surface area contributed by atoms with Crippen LogP contribution in [0.3, 0.4) is 0 Å². The maximum atomic E-state index is 13.2. The van der Waals surface area contributed by atoms with Crippen molar-refractivity contribution in [2.75, 3.05) is 11.3 Å². The van der Waals surface area contributed by atoms with Crippen LogP contribution >= 0.6 is 0 Å². The molecule has 3 rings (SSSR count). The van der Waals surface area contributed by atoms with Crippen molar-refractivity contribution in [3.63, 3.8) is 0 Å². The lowest BCUT2D eigenvalue weighted by molar-refractivity contribution is 0.344. The summed E-state index contributed by atoms with van der Waals surface area (Å²) in [4.78, 5) is 0.148. The molecule has 0 heterocycles. The van der Waals surface area contributed by atoms with Gasteiger partial charge in [0.25, 0.3) is 10.0 Å². The van der Waals surface area contributed by atoms with Crippen molar-refractivity contribution in [2.45, 2.75) is 18.7 Å². The maximum absolute atomic E-state index is 13.2. The van der Waals surface area contributed by atoms with E-state index in [2.05, 4.69) is 4.72 Å². The van der Waals surface area contributed by atoms with E-state index in [1.165, 1.54) is 24.3 Å². The standard InChI is InChI=1S/C19H18FNO3S/c1-3-24-18-10-11-19(16-7-5-4-6-15(16)18)25(22,23)21-17-9-8-14(20)12-13(17)2/h4-12,21H,3H2,1-2H3. The number of fused-ring (bicyclic) bond motifs is 1. The van der Waals surface area contributed by atoms with E-state index in [0.717, 1.165) is 5.39 Å². The molecule has 0 spiro atoms. The SMILES string of the molecule is CCOc1ccc(S(=O)(=O)Nc2ccc(F)cc2C)c2ccccc12. The van der Waals surface area contributed by atoms with Crippen molar-refractivity contribution in [1.82, 2.24) is 0 Å². The van der Waals surface area contributed by atoms with Gasteiger partial charge in [0.2, 0.25) is 0 Å². The summed E-state index contributed by atoms with van der Waals surface area (Å²) in [5, 5.41) is 1.30. The average Bonchev–Trinajstić information content (AvgIpc) is 2.58. The Kier molecular flexibility index (Phi) is 4.63. The fourth-order valence-electron chi connectivity index (χ4n) is 2.70. The van der Waals surface area contributed by atoms with Crippen molar-refractivity contribution in [3.8, 4) is 5.75 Å². The molecule has 0 fully saturated rings.